The summed E-state index contributed by atoms with van der Waals surface area (Å²) in [6, 6.07) is 9.74. The summed E-state index contributed by atoms with van der Waals surface area (Å²) in [7, 11) is 0. The van der Waals surface area contributed by atoms with Crippen molar-refractivity contribution < 1.29 is 4.79 Å². The summed E-state index contributed by atoms with van der Waals surface area (Å²) in [4.78, 5) is 29.6. The molecule has 2 aromatic heterocycles. The highest BCUT2D eigenvalue weighted by molar-refractivity contribution is 5.92. The summed E-state index contributed by atoms with van der Waals surface area (Å²) in [5.41, 5.74) is 0.711. The number of aromatic nitrogens is 2. The van der Waals surface area contributed by atoms with Crippen molar-refractivity contribution in [3.63, 3.8) is 0 Å². The smallest absolute Gasteiger partial charge is 0.268 e. The molecule has 92 valence electrons. The fourth-order valence-corrected chi connectivity index (χ4v) is 1.56. The molecule has 18 heavy (non-hydrogen) atoms. The van der Waals surface area contributed by atoms with Crippen LogP contribution in [0.4, 0.5) is 0 Å². The number of carbonyl (C=O) groups excluding carboxylic acids is 1. The largest absolute Gasteiger partial charge is 0.343 e. The number of carbonyl (C=O) groups is 1. The van der Waals surface area contributed by atoms with Gasteiger partial charge in [-0.05, 0) is 25.1 Å². The van der Waals surface area contributed by atoms with Gasteiger partial charge in [-0.15, -0.1) is 0 Å². The first kappa shape index (κ1) is 12.0. The van der Waals surface area contributed by atoms with Crippen molar-refractivity contribution in [2.24, 2.45) is 0 Å². The average molecular weight is 243 g/mol. The van der Waals surface area contributed by atoms with Crippen LogP contribution in [0.25, 0.3) is 0 Å². The van der Waals surface area contributed by atoms with Gasteiger partial charge in [0.2, 0.25) is 5.56 Å². The molecule has 1 amide bonds. The number of nitrogens with one attached hydrogen (secondary N) is 2. The fourth-order valence-electron chi connectivity index (χ4n) is 1.56. The molecule has 2 N–H and O–H groups in total. The van der Waals surface area contributed by atoms with Gasteiger partial charge in [-0.25, -0.2) is 0 Å². The van der Waals surface area contributed by atoms with E-state index in [1.165, 1.54) is 6.07 Å². The maximum absolute atomic E-state index is 11.9. The SMILES string of the molecule is CC(NC(=O)c1cccc(=O)[nH]1)c1ccccn1. The van der Waals surface area contributed by atoms with Gasteiger partial charge in [0.1, 0.15) is 5.69 Å². The van der Waals surface area contributed by atoms with Crippen molar-refractivity contribution in [1.29, 1.82) is 0 Å². The minimum absolute atomic E-state index is 0.220. The standard InChI is InChI=1S/C13H13N3O2/c1-9(10-5-2-3-8-14-10)15-13(18)11-6-4-7-12(17)16-11/h2-9H,1H3,(H,15,18)(H,16,17). The Labute approximate surface area is 104 Å². The van der Waals surface area contributed by atoms with Gasteiger partial charge in [-0.2, -0.15) is 0 Å². The summed E-state index contributed by atoms with van der Waals surface area (Å²) in [5, 5.41) is 2.77. The third kappa shape index (κ3) is 2.82. The number of rotatable bonds is 3. The quantitative estimate of drug-likeness (QED) is 0.852. The second-order valence-corrected chi connectivity index (χ2v) is 3.88. The zero-order valence-corrected chi connectivity index (χ0v) is 9.88. The van der Waals surface area contributed by atoms with Crippen LogP contribution in [-0.4, -0.2) is 15.9 Å². The Kier molecular flexibility index (Phi) is 3.52. The molecule has 1 atom stereocenters. The monoisotopic (exact) mass is 243 g/mol. The second kappa shape index (κ2) is 5.27. The second-order valence-electron chi connectivity index (χ2n) is 3.88. The predicted molar refractivity (Wildman–Crippen MR) is 67.2 cm³/mol. The van der Waals surface area contributed by atoms with E-state index in [4.69, 9.17) is 0 Å². The Bertz CT molecular complexity index is 592. The molecule has 2 rings (SSSR count). The normalized spacial score (nSPS) is 11.8. The van der Waals surface area contributed by atoms with Crippen LogP contribution in [0.2, 0.25) is 0 Å². The molecule has 5 nitrogen and oxygen atoms in total. The Morgan fingerprint density at radius 1 is 1.28 bits per heavy atom. The van der Waals surface area contributed by atoms with E-state index in [1.807, 2.05) is 25.1 Å². The van der Waals surface area contributed by atoms with Gasteiger partial charge in [0.25, 0.3) is 5.91 Å². The first-order chi connectivity index (χ1) is 8.66. The van der Waals surface area contributed by atoms with E-state index in [9.17, 15) is 9.59 Å². The molecular formula is C13H13N3O2. The molecule has 0 aliphatic heterocycles. The first-order valence-electron chi connectivity index (χ1n) is 5.58. The van der Waals surface area contributed by atoms with Gasteiger partial charge in [-0.1, -0.05) is 12.1 Å². The molecule has 0 saturated carbocycles. The fraction of sp³-hybridized carbons (Fsp3) is 0.154. The number of aromatic amines is 1. The molecule has 0 aliphatic carbocycles. The lowest BCUT2D eigenvalue weighted by molar-refractivity contribution is 0.0934. The highest BCUT2D eigenvalue weighted by atomic mass is 16.2. The van der Waals surface area contributed by atoms with Crippen molar-refractivity contribution in [3.05, 3.63) is 64.3 Å². The van der Waals surface area contributed by atoms with Crippen LogP contribution < -0.4 is 10.9 Å². The highest BCUT2D eigenvalue weighted by Gasteiger charge is 2.12. The molecule has 2 heterocycles. The Morgan fingerprint density at radius 2 is 2.11 bits per heavy atom. The number of amides is 1. The van der Waals surface area contributed by atoms with Gasteiger partial charge >= 0.3 is 0 Å². The van der Waals surface area contributed by atoms with Crippen LogP contribution in [-0.2, 0) is 0 Å². The van der Waals surface area contributed by atoms with Crippen molar-refractivity contribution >= 4 is 5.91 Å². The van der Waals surface area contributed by atoms with E-state index >= 15 is 0 Å². The summed E-state index contributed by atoms with van der Waals surface area (Å²) in [6.07, 6.45) is 1.67. The lowest BCUT2D eigenvalue weighted by atomic mass is 10.2. The third-order valence-electron chi connectivity index (χ3n) is 2.49. The number of pyridine rings is 2. The van der Waals surface area contributed by atoms with Crippen LogP contribution in [0.1, 0.15) is 29.1 Å². The van der Waals surface area contributed by atoms with Crippen LogP contribution in [0.15, 0.2) is 47.4 Å². The van der Waals surface area contributed by atoms with Crippen molar-refractivity contribution in [2.75, 3.05) is 0 Å². The highest BCUT2D eigenvalue weighted by Crippen LogP contribution is 2.08. The Balaban J connectivity index is 2.11. The summed E-state index contributed by atoms with van der Waals surface area (Å²) >= 11 is 0. The summed E-state index contributed by atoms with van der Waals surface area (Å²) in [6.45, 7) is 1.83. The van der Waals surface area contributed by atoms with Crippen LogP contribution in [0.3, 0.4) is 0 Å². The first-order valence-corrected chi connectivity index (χ1v) is 5.58. The number of nitrogens with zero attached hydrogens (tertiary/aromatic N) is 1. The maximum Gasteiger partial charge on any atom is 0.268 e. The third-order valence-corrected chi connectivity index (χ3v) is 2.49. The van der Waals surface area contributed by atoms with E-state index in [0.29, 0.717) is 0 Å². The minimum Gasteiger partial charge on any atom is -0.343 e. The molecule has 2 aromatic rings. The summed E-state index contributed by atoms with van der Waals surface area (Å²) < 4.78 is 0. The number of hydrogen-bond donors (Lipinski definition) is 2. The van der Waals surface area contributed by atoms with Crippen molar-refractivity contribution in [1.82, 2.24) is 15.3 Å². The Morgan fingerprint density at radius 3 is 2.78 bits per heavy atom. The Hall–Kier alpha value is -2.43. The van der Waals surface area contributed by atoms with Gasteiger partial charge < -0.3 is 10.3 Å². The molecule has 0 aromatic carbocycles. The zero-order valence-electron chi connectivity index (χ0n) is 9.88. The zero-order chi connectivity index (χ0) is 13.0. The van der Waals surface area contributed by atoms with Crippen molar-refractivity contribution in [3.8, 4) is 0 Å². The van der Waals surface area contributed by atoms with Gasteiger partial charge in [-0.3, -0.25) is 14.6 Å². The molecule has 0 aliphatic rings. The van der Waals surface area contributed by atoms with Gasteiger partial charge in [0, 0.05) is 12.3 Å². The molecule has 5 heteroatoms. The number of hydrogen-bond acceptors (Lipinski definition) is 3. The van der Waals surface area contributed by atoms with E-state index in [1.54, 1.807) is 18.3 Å². The molecule has 0 spiro atoms. The maximum atomic E-state index is 11.9. The topological polar surface area (TPSA) is 74.8 Å². The molecule has 0 bridgehead atoms. The van der Waals surface area contributed by atoms with Gasteiger partial charge in [0.05, 0.1) is 11.7 Å². The molecule has 0 fully saturated rings. The minimum atomic E-state index is -0.328. The van der Waals surface area contributed by atoms with Crippen LogP contribution >= 0.6 is 0 Å². The lowest BCUT2D eigenvalue weighted by Gasteiger charge is -2.12. The van der Waals surface area contributed by atoms with E-state index in [0.717, 1.165) is 5.69 Å². The van der Waals surface area contributed by atoms with Crippen LogP contribution in [0, 0.1) is 0 Å². The van der Waals surface area contributed by atoms with E-state index in [2.05, 4.69) is 15.3 Å². The molecule has 0 saturated heterocycles. The molecule has 1 unspecified atom stereocenters. The van der Waals surface area contributed by atoms with Gasteiger partial charge in [0.15, 0.2) is 0 Å². The van der Waals surface area contributed by atoms with E-state index < -0.39 is 0 Å². The van der Waals surface area contributed by atoms with Crippen LogP contribution in [0.5, 0.6) is 0 Å². The molecule has 0 radical (unpaired) electrons. The van der Waals surface area contributed by atoms with E-state index in [-0.39, 0.29) is 23.2 Å². The number of H-pyrrole nitrogens is 1. The predicted octanol–water partition coefficient (Wildman–Crippen LogP) is 1.26. The lowest BCUT2D eigenvalue weighted by Crippen LogP contribution is -2.29. The molecular weight excluding hydrogens is 230 g/mol. The van der Waals surface area contributed by atoms with Crippen molar-refractivity contribution in [2.45, 2.75) is 13.0 Å². The summed E-state index contributed by atoms with van der Waals surface area (Å²) in [5.74, 6) is -0.328. The average Bonchev–Trinajstić information content (AvgIpc) is 2.39.